The van der Waals surface area contributed by atoms with Crippen LogP contribution in [-0.2, 0) is 11.3 Å². The minimum absolute atomic E-state index is 0.0352. The number of anilines is 1. The third-order valence-corrected chi connectivity index (χ3v) is 5.88. The molecule has 0 aliphatic rings. The number of hydrogen-bond acceptors (Lipinski definition) is 5. The molecule has 162 valence electrons. The SMILES string of the molecule is CCCC(=O)N(Cc1ccc(-c2ccccc2C#N)cc1)c1ncc(Br)c(C)c1[N+](=O)[O-]. The molecular weight excluding hydrogens is 472 g/mol. The number of hydrogen-bond donors (Lipinski definition) is 0. The molecule has 8 heteroatoms. The van der Waals surface area contributed by atoms with E-state index in [4.69, 9.17) is 0 Å². The van der Waals surface area contributed by atoms with Gasteiger partial charge >= 0.3 is 5.69 Å². The second-order valence-electron chi connectivity index (χ2n) is 7.24. The van der Waals surface area contributed by atoms with Crippen LogP contribution in [0.5, 0.6) is 0 Å². The highest BCUT2D eigenvalue weighted by Gasteiger charge is 2.29. The summed E-state index contributed by atoms with van der Waals surface area (Å²) in [5, 5.41) is 21.1. The number of benzene rings is 2. The molecule has 0 bridgehead atoms. The van der Waals surface area contributed by atoms with Gasteiger partial charge in [-0.1, -0.05) is 49.4 Å². The number of carbonyl (C=O) groups excluding carboxylic acids is 1. The average molecular weight is 493 g/mol. The topological polar surface area (TPSA) is 100 Å². The lowest BCUT2D eigenvalue weighted by molar-refractivity contribution is -0.384. The van der Waals surface area contributed by atoms with E-state index in [1.165, 1.54) is 11.1 Å². The van der Waals surface area contributed by atoms with Gasteiger partial charge in [0.1, 0.15) is 0 Å². The smallest absolute Gasteiger partial charge is 0.287 e. The number of amides is 1. The Morgan fingerprint density at radius 2 is 1.91 bits per heavy atom. The summed E-state index contributed by atoms with van der Waals surface area (Å²) in [6, 6.07) is 17.0. The van der Waals surface area contributed by atoms with Crippen molar-refractivity contribution in [1.29, 1.82) is 5.26 Å². The van der Waals surface area contributed by atoms with Gasteiger partial charge in [0.05, 0.1) is 23.1 Å². The van der Waals surface area contributed by atoms with Crippen molar-refractivity contribution in [2.75, 3.05) is 4.90 Å². The van der Waals surface area contributed by atoms with E-state index in [1.54, 1.807) is 13.0 Å². The summed E-state index contributed by atoms with van der Waals surface area (Å²) < 4.78 is 0.511. The summed E-state index contributed by atoms with van der Waals surface area (Å²) in [4.78, 5) is 29.8. The van der Waals surface area contributed by atoms with Crippen molar-refractivity contribution in [1.82, 2.24) is 4.98 Å². The van der Waals surface area contributed by atoms with Crippen LogP contribution in [0.4, 0.5) is 11.5 Å². The Balaban J connectivity index is 2.00. The molecule has 0 aliphatic heterocycles. The van der Waals surface area contributed by atoms with Gasteiger partial charge in [-0.15, -0.1) is 0 Å². The van der Waals surface area contributed by atoms with Crippen molar-refractivity contribution in [2.45, 2.75) is 33.2 Å². The van der Waals surface area contributed by atoms with E-state index in [0.717, 1.165) is 16.7 Å². The van der Waals surface area contributed by atoms with Gasteiger partial charge in [-0.25, -0.2) is 4.98 Å². The summed E-state index contributed by atoms with van der Waals surface area (Å²) >= 11 is 3.28. The zero-order chi connectivity index (χ0) is 23.3. The first kappa shape index (κ1) is 23.1. The van der Waals surface area contributed by atoms with Crippen LogP contribution in [-0.4, -0.2) is 15.8 Å². The largest absolute Gasteiger partial charge is 0.316 e. The van der Waals surface area contributed by atoms with Gasteiger partial charge in [-0.3, -0.25) is 19.8 Å². The van der Waals surface area contributed by atoms with E-state index in [2.05, 4.69) is 27.0 Å². The predicted molar refractivity (Wildman–Crippen MR) is 126 cm³/mol. The quantitative estimate of drug-likeness (QED) is 0.300. The number of nitriles is 1. The molecule has 0 fully saturated rings. The lowest BCUT2D eigenvalue weighted by atomic mass is 9.99. The monoisotopic (exact) mass is 492 g/mol. The van der Waals surface area contributed by atoms with Crippen LogP contribution < -0.4 is 4.90 Å². The summed E-state index contributed by atoms with van der Waals surface area (Å²) in [5.41, 5.74) is 3.29. The molecule has 1 aromatic heterocycles. The molecule has 0 saturated heterocycles. The van der Waals surface area contributed by atoms with Crippen LogP contribution in [0.3, 0.4) is 0 Å². The first-order valence-corrected chi connectivity index (χ1v) is 10.8. The molecule has 3 aromatic rings. The van der Waals surface area contributed by atoms with E-state index in [1.807, 2.05) is 49.4 Å². The van der Waals surface area contributed by atoms with E-state index in [0.29, 0.717) is 22.0 Å². The van der Waals surface area contributed by atoms with E-state index >= 15 is 0 Å². The van der Waals surface area contributed by atoms with Crippen LogP contribution in [0.25, 0.3) is 11.1 Å². The van der Waals surface area contributed by atoms with Gasteiger partial charge < -0.3 is 0 Å². The third-order valence-electron chi connectivity index (χ3n) is 5.08. The summed E-state index contributed by atoms with van der Waals surface area (Å²) in [6.07, 6.45) is 2.34. The molecule has 0 unspecified atom stereocenters. The molecule has 0 radical (unpaired) electrons. The lowest BCUT2D eigenvalue weighted by Gasteiger charge is -2.22. The van der Waals surface area contributed by atoms with E-state index in [9.17, 15) is 20.2 Å². The second-order valence-corrected chi connectivity index (χ2v) is 8.10. The summed E-state index contributed by atoms with van der Waals surface area (Å²) in [7, 11) is 0. The van der Waals surface area contributed by atoms with Gasteiger partial charge in [-0.05, 0) is 52.0 Å². The van der Waals surface area contributed by atoms with Crippen molar-refractivity contribution in [3.05, 3.63) is 86.0 Å². The third kappa shape index (κ3) is 4.84. The standard InChI is InChI=1S/C24H21BrN4O3/c1-3-6-22(30)28(24-23(29(31)32)16(2)21(25)14-27-24)15-17-9-11-18(12-10-17)20-8-5-4-7-19(20)13-26/h4-5,7-12,14H,3,6,15H2,1-2H3. The van der Waals surface area contributed by atoms with Crippen molar-refractivity contribution < 1.29 is 9.72 Å². The summed E-state index contributed by atoms with van der Waals surface area (Å²) in [5.74, 6) is -0.197. The average Bonchev–Trinajstić information content (AvgIpc) is 2.79. The van der Waals surface area contributed by atoms with Gasteiger partial charge in [0, 0.05) is 22.7 Å². The minimum Gasteiger partial charge on any atom is -0.287 e. The van der Waals surface area contributed by atoms with Crippen molar-refractivity contribution >= 4 is 33.3 Å². The van der Waals surface area contributed by atoms with Crippen LogP contribution in [0.1, 0.15) is 36.5 Å². The molecular formula is C24H21BrN4O3. The highest BCUT2D eigenvalue weighted by Crippen LogP contribution is 2.35. The zero-order valence-electron chi connectivity index (χ0n) is 17.7. The number of halogens is 1. The predicted octanol–water partition coefficient (Wildman–Crippen LogP) is 5.93. The minimum atomic E-state index is -0.503. The number of rotatable bonds is 7. The highest BCUT2D eigenvalue weighted by atomic mass is 79.9. The molecule has 0 spiro atoms. The molecule has 1 heterocycles. The van der Waals surface area contributed by atoms with Gasteiger partial charge in [0.25, 0.3) is 0 Å². The van der Waals surface area contributed by atoms with Crippen LogP contribution >= 0.6 is 15.9 Å². The Morgan fingerprint density at radius 3 is 2.53 bits per heavy atom. The van der Waals surface area contributed by atoms with Crippen molar-refractivity contribution in [2.24, 2.45) is 0 Å². The van der Waals surface area contributed by atoms with Crippen molar-refractivity contribution in [3.8, 4) is 17.2 Å². The maximum atomic E-state index is 12.9. The van der Waals surface area contributed by atoms with Crippen LogP contribution in [0.15, 0.2) is 59.2 Å². The van der Waals surface area contributed by atoms with E-state index < -0.39 is 4.92 Å². The number of carbonyl (C=O) groups is 1. The molecule has 1 amide bonds. The Morgan fingerprint density at radius 1 is 1.22 bits per heavy atom. The summed E-state index contributed by atoms with van der Waals surface area (Å²) in [6.45, 7) is 3.65. The first-order valence-electron chi connectivity index (χ1n) is 10.1. The number of aromatic nitrogens is 1. The van der Waals surface area contributed by atoms with Gasteiger partial charge in [0.15, 0.2) is 0 Å². The maximum Gasteiger partial charge on any atom is 0.316 e. The number of nitrogens with zero attached hydrogens (tertiary/aromatic N) is 4. The molecule has 0 N–H and O–H groups in total. The maximum absolute atomic E-state index is 12.9. The van der Waals surface area contributed by atoms with Crippen LogP contribution in [0, 0.1) is 28.4 Å². The lowest BCUT2D eigenvalue weighted by Crippen LogP contribution is -2.31. The number of nitro groups is 1. The van der Waals surface area contributed by atoms with Gasteiger partial charge in [0.2, 0.25) is 11.7 Å². The fraction of sp³-hybridized carbons (Fsp3) is 0.208. The van der Waals surface area contributed by atoms with Gasteiger partial charge in [-0.2, -0.15) is 5.26 Å². The zero-order valence-corrected chi connectivity index (χ0v) is 19.3. The first-order chi connectivity index (χ1) is 15.4. The molecule has 2 aromatic carbocycles. The Kier molecular flexibility index (Phi) is 7.33. The van der Waals surface area contributed by atoms with Crippen molar-refractivity contribution in [3.63, 3.8) is 0 Å². The normalized spacial score (nSPS) is 10.4. The molecule has 3 rings (SSSR count). The molecule has 7 nitrogen and oxygen atoms in total. The Hall–Kier alpha value is -3.57. The number of pyridine rings is 1. The Bertz CT molecular complexity index is 1200. The molecule has 0 atom stereocenters. The molecule has 32 heavy (non-hydrogen) atoms. The fourth-order valence-electron chi connectivity index (χ4n) is 3.41. The Labute approximate surface area is 194 Å². The molecule has 0 saturated carbocycles. The molecule has 0 aliphatic carbocycles. The fourth-order valence-corrected chi connectivity index (χ4v) is 3.70. The van der Waals surface area contributed by atoms with Crippen LogP contribution in [0.2, 0.25) is 0 Å². The second kappa shape index (κ2) is 10.2. The van der Waals surface area contributed by atoms with E-state index in [-0.39, 0.29) is 30.4 Å². The highest BCUT2D eigenvalue weighted by molar-refractivity contribution is 9.10.